The largest absolute Gasteiger partial charge is 0.372 e. The standard InChI is InChI=1S/C18H24N4/c1-2-11-22(10-1)17-5-3-15(4-6-17)13-21-12-8-16(14-21)18-7-9-19-20-18/h3-7,9,16H,1-2,8,10-14H2,(H,19,20)/t16-/m0/s1. The Bertz CT molecular complexity index is 584. The van der Waals surface area contributed by atoms with E-state index in [9.17, 15) is 0 Å². The average Bonchev–Trinajstić information content (AvgIpc) is 3.30. The first-order chi connectivity index (χ1) is 10.9. The Balaban J connectivity index is 1.35. The van der Waals surface area contributed by atoms with E-state index in [0.717, 1.165) is 13.1 Å². The minimum atomic E-state index is 0.617. The lowest BCUT2D eigenvalue weighted by molar-refractivity contribution is 0.326. The van der Waals surface area contributed by atoms with Gasteiger partial charge in [-0.05, 0) is 49.6 Å². The molecule has 2 aromatic rings. The molecule has 22 heavy (non-hydrogen) atoms. The summed E-state index contributed by atoms with van der Waals surface area (Å²) in [4.78, 5) is 5.05. The highest BCUT2D eigenvalue weighted by molar-refractivity contribution is 5.48. The third-order valence-corrected chi connectivity index (χ3v) is 5.05. The van der Waals surface area contributed by atoms with E-state index in [2.05, 4.69) is 50.3 Å². The first-order valence-corrected chi connectivity index (χ1v) is 8.44. The van der Waals surface area contributed by atoms with Gasteiger partial charge >= 0.3 is 0 Å². The van der Waals surface area contributed by atoms with Gasteiger partial charge in [-0.3, -0.25) is 10.00 Å². The number of nitrogens with one attached hydrogen (secondary N) is 1. The SMILES string of the molecule is c1cc([C@H]2CCN(Cc3ccc(N4CCCC4)cc3)C2)[nH]n1. The fourth-order valence-corrected chi connectivity index (χ4v) is 3.77. The van der Waals surface area contributed by atoms with E-state index < -0.39 is 0 Å². The normalized spacial score (nSPS) is 22.5. The molecular formula is C18H24N4. The number of benzene rings is 1. The first kappa shape index (κ1) is 13.8. The lowest BCUT2D eigenvalue weighted by atomic mass is 10.1. The van der Waals surface area contributed by atoms with Crippen molar-refractivity contribution in [3.05, 3.63) is 47.8 Å². The molecule has 0 unspecified atom stereocenters. The topological polar surface area (TPSA) is 35.2 Å². The molecule has 3 heterocycles. The maximum atomic E-state index is 4.08. The van der Waals surface area contributed by atoms with E-state index in [1.54, 1.807) is 0 Å². The van der Waals surface area contributed by atoms with Crippen molar-refractivity contribution in [1.29, 1.82) is 0 Å². The molecule has 0 amide bonds. The molecule has 2 aliphatic heterocycles. The summed E-state index contributed by atoms with van der Waals surface area (Å²) in [5.41, 5.74) is 4.10. The second-order valence-electron chi connectivity index (χ2n) is 6.59. The van der Waals surface area contributed by atoms with Gasteiger partial charge in [0.25, 0.3) is 0 Å². The smallest absolute Gasteiger partial charge is 0.0490 e. The number of hydrogen-bond acceptors (Lipinski definition) is 3. The minimum absolute atomic E-state index is 0.617. The second kappa shape index (κ2) is 6.13. The van der Waals surface area contributed by atoms with Gasteiger partial charge in [0.05, 0.1) is 0 Å². The van der Waals surface area contributed by atoms with Gasteiger partial charge in [-0.25, -0.2) is 0 Å². The number of likely N-dealkylation sites (tertiary alicyclic amines) is 1. The van der Waals surface area contributed by atoms with Crippen molar-refractivity contribution >= 4 is 5.69 Å². The summed E-state index contributed by atoms with van der Waals surface area (Å²) in [5.74, 6) is 0.617. The average molecular weight is 296 g/mol. The summed E-state index contributed by atoms with van der Waals surface area (Å²) >= 11 is 0. The van der Waals surface area contributed by atoms with Gasteiger partial charge < -0.3 is 4.90 Å². The van der Waals surface area contributed by atoms with Crippen molar-refractivity contribution in [2.24, 2.45) is 0 Å². The second-order valence-corrected chi connectivity index (χ2v) is 6.59. The van der Waals surface area contributed by atoms with Crippen LogP contribution >= 0.6 is 0 Å². The lowest BCUT2D eigenvalue weighted by Gasteiger charge is -2.19. The number of aromatic nitrogens is 2. The third-order valence-electron chi connectivity index (χ3n) is 5.05. The molecule has 0 spiro atoms. The zero-order valence-electron chi connectivity index (χ0n) is 13.0. The van der Waals surface area contributed by atoms with Crippen LogP contribution in [0.15, 0.2) is 36.5 Å². The summed E-state index contributed by atoms with van der Waals surface area (Å²) in [6.07, 6.45) is 5.76. The van der Waals surface area contributed by atoms with E-state index in [0.29, 0.717) is 5.92 Å². The van der Waals surface area contributed by atoms with Gasteiger partial charge in [-0.1, -0.05) is 12.1 Å². The van der Waals surface area contributed by atoms with Crippen molar-refractivity contribution in [2.45, 2.75) is 31.7 Å². The summed E-state index contributed by atoms with van der Waals surface area (Å²) in [7, 11) is 0. The molecule has 2 saturated heterocycles. The van der Waals surface area contributed by atoms with Crippen LogP contribution in [0.4, 0.5) is 5.69 Å². The highest BCUT2D eigenvalue weighted by Crippen LogP contribution is 2.27. The monoisotopic (exact) mass is 296 g/mol. The zero-order valence-corrected chi connectivity index (χ0v) is 13.0. The Hall–Kier alpha value is -1.81. The van der Waals surface area contributed by atoms with Crippen LogP contribution in [-0.2, 0) is 6.54 Å². The van der Waals surface area contributed by atoms with Gasteiger partial charge in [0.1, 0.15) is 0 Å². The molecule has 1 aromatic carbocycles. The highest BCUT2D eigenvalue weighted by Gasteiger charge is 2.24. The van der Waals surface area contributed by atoms with Crippen molar-refractivity contribution in [2.75, 3.05) is 31.1 Å². The molecule has 4 heteroatoms. The van der Waals surface area contributed by atoms with Crippen molar-refractivity contribution < 1.29 is 0 Å². The molecule has 0 saturated carbocycles. The molecule has 0 radical (unpaired) electrons. The highest BCUT2D eigenvalue weighted by atomic mass is 15.2. The zero-order chi connectivity index (χ0) is 14.8. The molecule has 116 valence electrons. The molecule has 0 bridgehead atoms. The van der Waals surface area contributed by atoms with E-state index in [1.807, 2.05) is 6.20 Å². The van der Waals surface area contributed by atoms with E-state index in [-0.39, 0.29) is 0 Å². The number of nitrogens with zero attached hydrogens (tertiary/aromatic N) is 3. The lowest BCUT2D eigenvalue weighted by Crippen LogP contribution is -2.20. The molecule has 1 N–H and O–H groups in total. The Morgan fingerprint density at radius 2 is 1.86 bits per heavy atom. The van der Waals surface area contributed by atoms with Crippen LogP contribution in [0.5, 0.6) is 0 Å². The molecule has 1 aromatic heterocycles. The molecule has 4 nitrogen and oxygen atoms in total. The molecule has 0 aliphatic carbocycles. The minimum Gasteiger partial charge on any atom is -0.372 e. The van der Waals surface area contributed by atoms with Gasteiger partial charge in [0, 0.05) is 49.7 Å². The van der Waals surface area contributed by atoms with Crippen LogP contribution < -0.4 is 4.90 Å². The van der Waals surface area contributed by atoms with Crippen molar-refractivity contribution in [3.8, 4) is 0 Å². The predicted molar refractivity (Wildman–Crippen MR) is 89.1 cm³/mol. The van der Waals surface area contributed by atoms with Crippen LogP contribution in [-0.4, -0.2) is 41.3 Å². The fourth-order valence-electron chi connectivity index (χ4n) is 3.77. The molecule has 2 fully saturated rings. The Kier molecular flexibility index (Phi) is 3.85. The van der Waals surface area contributed by atoms with Gasteiger partial charge in [0.15, 0.2) is 0 Å². The molecule has 1 atom stereocenters. The number of rotatable bonds is 4. The maximum Gasteiger partial charge on any atom is 0.0490 e. The van der Waals surface area contributed by atoms with E-state index in [4.69, 9.17) is 0 Å². The van der Waals surface area contributed by atoms with Crippen LogP contribution in [0.2, 0.25) is 0 Å². The Morgan fingerprint density at radius 3 is 2.59 bits per heavy atom. The van der Waals surface area contributed by atoms with Crippen LogP contribution in [0, 0.1) is 0 Å². The summed E-state index contributed by atoms with van der Waals surface area (Å²) in [6.45, 7) is 5.81. The summed E-state index contributed by atoms with van der Waals surface area (Å²) in [5, 5.41) is 7.20. The Morgan fingerprint density at radius 1 is 1.05 bits per heavy atom. The molecular weight excluding hydrogens is 272 g/mol. The van der Waals surface area contributed by atoms with Gasteiger partial charge in [-0.15, -0.1) is 0 Å². The quantitative estimate of drug-likeness (QED) is 0.942. The Labute approximate surface area is 132 Å². The maximum absolute atomic E-state index is 4.08. The third kappa shape index (κ3) is 2.88. The summed E-state index contributed by atoms with van der Waals surface area (Å²) < 4.78 is 0. The van der Waals surface area contributed by atoms with Crippen LogP contribution in [0.3, 0.4) is 0 Å². The van der Waals surface area contributed by atoms with Gasteiger partial charge in [-0.2, -0.15) is 5.10 Å². The van der Waals surface area contributed by atoms with E-state index >= 15 is 0 Å². The summed E-state index contributed by atoms with van der Waals surface area (Å²) in [6, 6.07) is 11.3. The number of hydrogen-bond donors (Lipinski definition) is 1. The van der Waals surface area contributed by atoms with Crippen molar-refractivity contribution in [1.82, 2.24) is 15.1 Å². The van der Waals surface area contributed by atoms with Crippen molar-refractivity contribution in [3.63, 3.8) is 0 Å². The van der Waals surface area contributed by atoms with Gasteiger partial charge in [0.2, 0.25) is 0 Å². The predicted octanol–water partition coefficient (Wildman–Crippen LogP) is 3.00. The number of aromatic amines is 1. The van der Waals surface area contributed by atoms with Crippen LogP contribution in [0.25, 0.3) is 0 Å². The fraction of sp³-hybridized carbons (Fsp3) is 0.500. The molecule has 2 aliphatic rings. The first-order valence-electron chi connectivity index (χ1n) is 8.44. The van der Waals surface area contributed by atoms with E-state index in [1.165, 1.54) is 55.8 Å². The number of H-pyrrole nitrogens is 1. The number of anilines is 1. The van der Waals surface area contributed by atoms with Crippen LogP contribution in [0.1, 0.15) is 36.4 Å². The molecule has 4 rings (SSSR count).